The van der Waals surface area contributed by atoms with Gasteiger partial charge >= 0.3 is 6.09 Å². The first-order valence-corrected chi connectivity index (χ1v) is 10.1. The zero-order valence-corrected chi connectivity index (χ0v) is 17.6. The Labute approximate surface area is 178 Å². The Kier molecular flexibility index (Phi) is 6.77. The zero-order valence-electron chi connectivity index (χ0n) is 16.1. The number of unbranched alkanes of at least 4 members (excludes halogenated alkanes) is 1. The molecule has 0 aliphatic heterocycles. The highest BCUT2D eigenvalue weighted by atomic mass is 35.5. The molecule has 8 heteroatoms. The highest BCUT2D eigenvalue weighted by molar-refractivity contribution is 6.42. The normalized spacial score (nSPS) is 12.0. The Morgan fingerprint density at radius 3 is 2.76 bits per heavy atom. The van der Waals surface area contributed by atoms with Gasteiger partial charge in [-0.15, -0.1) is 0 Å². The monoisotopic (exact) mass is 433 g/mol. The highest BCUT2D eigenvalue weighted by Crippen LogP contribution is 2.28. The van der Waals surface area contributed by atoms with E-state index in [2.05, 4.69) is 10.3 Å². The second kappa shape index (κ2) is 9.29. The average molecular weight is 434 g/mol. The van der Waals surface area contributed by atoms with E-state index in [0.717, 1.165) is 18.4 Å². The van der Waals surface area contributed by atoms with Gasteiger partial charge in [0, 0.05) is 23.9 Å². The number of amides is 1. The SMILES string of the molecule is CCCCOC(=O)Nc1ccc2ncc([C@@H](C)c3ccc(Cl)c(Cl)c3)c(=O)n2c1. The fraction of sp³-hybridized carbons (Fsp3) is 0.286. The van der Waals surface area contributed by atoms with Gasteiger partial charge in [0.2, 0.25) is 0 Å². The van der Waals surface area contributed by atoms with Gasteiger partial charge in [-0.25, -0.2) is 9.78 Å². The molecule has 3 aromatic rings. The third-order valence-corrected chi connectivity index (χ3v) is 5.36. The number of pyridine rings is 1. The maximum absolute atomic E-state index is 13.1. The summed E-state index contributed by atoms with van der Waals surface area (Å²) in [6, 6.07) is 8.61. The minimum absolute atomic E-state index is 0.225. The van der Waals surface area contributed by atoms with Crippen LogP contribution < -0.4 is 10.9 Å². The van der Waals surface area contributed by atoms with Crippen LogP contribution in [0.3, 0.4) is 0 Å². The van der Waals surface area contributed by atoms with Gasteiger partial charge in [0.15, 0.2) is 0 Å². The van der Waals surface area contributed by atoms with Gasteiger partial charge in [0.25, 0.3) is 5.56 Å². The summed E-state index contributed by atoms with van der Waals surface area (Å²) in [6.07, 6.45) is 4.28. The smallest absolute Gasteiger partial charge is 0.411 e. The highest BCUT2D eigenvalue weighted by Gasteiger charge is 2.16. The third-order valence-electron chi connectivity index (χ3n) is 4.62. The van der Waals surface area contributed by atoms with Gasteiger partial charge in [0.05, 0.1) is 22.3 Å². The molecule has 2 heterocycles. The number of rotatable bonds is 6. The van der Waals surface area contributed by atoms with Crippen LogP contribution in [0.1, 0.15) is 43.7 Å². The Morgan fingerprint density at radius 2 is 2.03 bits per heavy atom. The van der Waals surface area contributed by atoms with E-state index in [1.165, 1.54) is 10.6 Å². The van der Waals surface area contributed by atoms with E-state index in [1.54, 1.807) is 30.5 Å². The number of fused-ring (bicyclic) bond motifs is 1. The number of nitrogens with zero attached hydrogens (tertiary/aromatic N) is 2. The predicted octanol–water partition coefficient (Wildman–Crippen LogP) is 5.50. The molecule has 0 aliphatic carbocycles. The first-order valence-electron chi connectivity index (χ1n) is 9.30. The number of ether oxygens (including phenoxy) is 1. The summed E-state index contributed by atoms with van der Waals surface area (Å²) in [6.45, 7) is 4.26. The van der Waals surface area contributed by atoms with E-state index >= 15 is 0 Å². The molecule has 1 N–H and O–H groups in total. The van der Waals surface area contributed by atoms with E-state index in [-0.39, 0.29) is 11.5 Å². The topological polar surface area (TPSA) is 72.7 Å². The summed E-state index contributed by atoms with van der Waals surface area (Å²) in [4.78, 5) is 29.3. The van der Waals surface area contributed by atoms with Crippen molar-refractivity contribution < 1.29 is 9.53 Å². The molecule has 0 fully saturated rings. The van der Waals surface area contributed by atoms with Crippen LogP contribution in [0.4, 0.5) is 10.5 Å². The van der Waals surface area contributed by atoms with Crippen LogP contribution in [-0.2, 0) is 4.74 Å². The molecule has 29 heavy (non-hydrogen) atoms. The number of carbonyl (C=O) groups is 1. The molecule has 0 aliphatic rings. The Morgan fingerprint density at radius 1 is 1.24 bits per heavy atom. The van der Waals surface area contributed by atoms with Crippen LogP contribution >= 0.6 is 23.2 Å². The van der Waals surface area contributed by atoms with E-state index in [0.29, 0.717) is 33.6 Å². The van der Waals surface area contributed by atoms with E-state index in [4.69, 9.17) is 27.9 Å². The van der Waals surface area contributed by atoms with E-state index < -0.39 is 6.09 Å². The molecular formula is C21H21Cl2N3O3. The van der Waals surface area contributed by atoms with Crippen molar-refractivity contribution in [2.75, 3.05) is 11.9 Å². The van der Waals surface area contributed by atoms with Gasteiger partial charge < -0.3 is 4.74 Å². The summed E-state index contributed by atoms with van der Waals surface area (Å²) < 4.78 is 6.50. The van der Waals surface area contributed by atoms with Crippen LogP contribution in [-0.4, -0.2) is 22.1 Å². The van der Waals surface area contributed by atoms with Crippen molar-refractivity contribution in [1.29, 1.82) is 0 Å². The largest absolute Gasteiger partial charge is 0.449 e. The minimum atomic E-state index is -0.556. The number of hydrogen-bond donors (Lipinski definition) is 1. The molecule has 0 bridgehead atoms. The Hall–Kier alpha value is -2.57. The zero-order chi connectivity index (χ0) is 21.0. The summed E-state index contributed by atoms with van der Waals surface area (Å²) >= 11 is 12.1. The lowest BCUT2D eigenvalue weighted by Crippen LogP contribution is -2.22. The number of anilines is 1. The van der Waals surface area contributed by atoms with Crippen molar-refractivity contribution in [2.24, 2.45) is 0 Å². The molecule has 152 valence electrons. The maximum Gasteiger partial charge on any atom is 0.411 e. The molecular weight excluding hydrogens is 413 g/mol. The molecule has 6 nitrogen and oxygen atoms in total. The predicted molar refractivity (Wildman–Crippen MR) is 115 cm³/mol. The number of aromatic nitrogens is 2. The lowest BCUT2D eigenvalue weighted by atomic mass is 9.95. The van der Waals surface area contributed by atoms with Gasteiger partial charge in [-0.3, -0.25) is 14.5 Å². The van der Waals surface area contributed by atoms with Crippen LogP contribution in [0, 0.1) is 0 Å². The van der Waals surface area contributed by atoms with E-state index in [1.807, 2.05) is 19.9 Å². The second-order valence-electron chi connectivity index (χ2n) is 6.67. The molecule has 2 aromatic heterocycles. The number of halogens is 2. The van der Waals surface area contributed by atoms with Crippen molar-refractivity contribution in [3.8, 4) is 0 Å². The molecule has 0 saturated carbocycles. The summed E-state index contributed by atoms with van der Waals surface area (Å²) in [5.74, 6) is -0.239. The van der Waals surface area contributed by atoms with Gasteiger partial charge in [-0.1, -0.05) is 49.5 Å². The Balaban J connectivity index is 1.90. The van der Waals surface area contributed by atoms with Crippen molar-refractivity contribution in [2.45, 2.75) is 32.6 Å². The summed E-state index contributed by atoms with van der Waals surface area (Å²) in [7, 11) is 0. The first-order chi connectivity index (χ1) is 13.9. The maximum atomic E-state index is 13.1. The first kappa shape index (κ1) is 21.1. The molecule has 0 spiro atoms. The molecule has 0 radical (unpaired) electrons. The molecule has 3 rings (SSSR count). The van der Waals surface area contributed by atoms with Crippen molar-refractivity contribution in [3.05, 3.63) is 74.3 Å². The van der Waals surface area contributed by atoms with Crippen LogP contribution in [0.5, 0.6) is 0 Å². The van der Waals surface area contributed by atoms with Crippen LogP contribution in [0.2, 0.25) is 10.0 Å². The average Bonchev–Trinajstić information content (AvgIpc) is 2.70. The van der Waals surface area contributed by atoms with Crippen molar-refractivity contribution in [1.82, 2.24) is 9.38 Å². The van der Waals surface area contributed by atoms with Crippen LogP contribution in [0.25, 0.3) is 5.65 Å². The fourth-order valence-electron chi connectivity index (χ4n) is 2.89. The quantitative estimate of drug-likeness (QED) is 0.520. The minimum Gasteiger partial charge on any atom is -0.449 e. The van der Waals surface area contributed by atoms with Crippen molar-refractivity contribution in [3.63, 3.8) is 0 Å². The standard InChI is InChI=1S/C21H21Cl2N3O3/c1-3-4-9-29-21(28)25-15-6-8-19-24-11-16(20(27)26(19)12-15)13(2)14-5-7-17(22)18(23)10-14/h5-8,10-13H,3-4,9H2,1-2H3,(H,25,28)/t13-/m0/s1. The number of benzene rings is 1. The molecule has 1 aromatic carbocycles. The number of hydrogen-bond acceptors (Lipinski definition) is 4. The van der Waals surface area contributed by atoms with E-state index in [9.17, 15) is 9.59 Å². The van der Waals surface area contributed by atoms with Gasteiger partial charge in [-0.05, 0) is 36.2 Å². The van der Waals surface area contributed by atoms with Gasteiger partial charge in [-0.2, -0.15) is 0 Å². The number of nitrogens with one attached hydrogen (secondary N) is 1. The molecule has 1 amide bonds. The van der Waals surface area contributed by atoms with Crippen molar-refractivity contribution >= 4 is 40.6 Å². The van der Waals surface area contributed by atoms with Gasteiger partial charge in [0.1, 0.15) is 5.65 Å². The third kappa shape index (κ3) is 4.89. The second-order valence-corrected chi connectivity index (χ2v) is 7.49. The lowest BCUT2D eigenvalue weighted by Gasteiger charge is -2.14. The summed E-state index contributed by atoms with van der Waals surface area (Å²) in [5, 5.41) is 3.52. The number of carbonyl (C=O) groups excluding carboxylic acids is 1. The lowest BCUT2D eigenvalue weighted by molar-refractivity contribution is 0.160. The van der Waals surface area contributed by atoms with Crippen LogP contribution in [0.15, 0.2) is 47.5 Å². The summed E-state index contributed by atoms with van der Waals surface area (Å²) in [5.41, 5.74) is 2.05. The molecule has 1 atom stereocenters. The molecule has 0 saturated heterocycles. The molecule has 0 unspecified atom stereocenters. The Bertz CT molecular complexity index is 1100. The fourth-order valence-corrected chi connectivity index (χ4v) is 3.19.